The van der Waals surface area contributed by atoms with Gasteiger partial charge in [0.05, 0.1) is 0 Å². The minimum absolute atomic E-state index is 0.0900. The van der Waals surface area contributed by atoms with Crippen molar-refractivity contribution in [2.75, 3.05) is 11.4 Å². The summed E-state index contributed by atoms with van der Waals surface area (Å²) in [6.45, 7) is 4.69. The number of carbonyl (C=O) groups excluding carboxylic acids is 1. The van der Waals surface area contributed by atoms with Gasteiger partial charge in [-0.2, -0.15) is 0 Å². The van der Waals surface area contributed by atoms with Gasteiger partial charge in [0, 0.05) is 24.3 Å². The molecule has 1 fully saturated rings. The normalized spacial score (nSPS) is 15.3. The topological polar surface area (TPSA) is 58.1 Å². The lowest BCUT2D eigenvalue weighted by Crippen LogP contribution is -2.35. The maximum absolute atomic E-state index is 12.8. The van der Waals surface area contributed by atoms with Crippen molar-refractivity contribution in [2.24, 2.45) is 0 Å². The second-order valence-corrected chi connectivity index (χ2v) is 6.90. The van der Waals surface area contributed by atoms with Crippen LogP contribution < -0.4 is 10.2 Å². The summed E-state index contributed by atoms with van der Waals surface area (Å²) in [7, 11) is 0. The van der Waals surface area contributed by atoms with Crippen LogP contribution >= 0.6 is 0 Å². The van der Waals surface area contributed by atoms with Gasteiger partial charge >= 0.3 is 0 Å². The first kappa shape index (κ1) is 18.4. The Balaban J connectivity index is 1.81. The molecule has 1 aliphatic rings. The zero-order valence-electron chi connectivity index (χ0n) is 15.7. The molecule has 0 saturated heterocycles. The Bertz CT molecular complexity index is 724. The molecule has 0 unspecified atom stereocenters. The zero-order valence-corrected chi connectivity index (χ0v) is 15.7. The smallest absolute Gasteiger partial charge is 0.270 e. The van der Waals surface area contributed by atoms with E-state index >= 15 is 0 Å². The lowest BCUT2D eigenvalue weighted by Gasteiger charge is -2.23. The molecule has 1 saturated carbocycles. The molecule has 0 spiro atoms. The van der Waals surface area contributed by atoms with Gasteiger partial charge in [-0.1, -0.05) is 43.9 Å². The lowest BCUT2D eigenvalue weighted by molar-refractivity contribution is 0.0928. The molecular weight excluding hydrogens is 324 g/mol. The summed E-state index contributed by atoms with van der Waals surface area (Å²) >= 11 is 0. The van der Waals surface area contributed by atoms with Gasteiger partial charge in [-0.3, -0.25) is 4.79 Å². The molecular formula is C21H28N4O. The van der Waals surface area contributed by atoms with Gasteiger partial charge < -0.3 is 10.2 Å². The molecule has 5 nitrogen and oxygen atoms in total. The molecule has 1 amide bonds. The third kappa shape index (κ3) is 4.59. The monoisotopic (exact) mass is 352 g/mol. The fraction of sp³-hybridized carbons (Fsp3) is 0.476. The van der Waals surface area contributed by atoms with Crippen molar-refractivity contribution < 1.29 is 4.79 Å². The molecule has 1 N–H and O–H groups in total. The maximum atomic E-state index is 12.8. The summed E-state index contributed by atoms with van der Waals surface area (Å²) in [5.41, 5.74) is 1.51. The molecule has 0 aliphatic heterocycles. The van der Waals surface area contributed by atoms with E-state index in [9.17, 15) is 4.79 Å². The van der Waals surface area contributed by atoms with Crippen molar-refractivity contribution in [3.05, 3.63) is 47.9 Å². The average Bonchev–Trinajstić information content (AvgIpc) is 2.91. The standard InChI is InChI=1S/C21H28N4O/c1-3-25(18-13-9-6-10-14-18)20-15-19(22-16(2)23-20)21(26)24-17-11-7-4-5-8-12-17/h6,9-10,13-15,17H,3-5,7-8,11-12H2,1-2H3,(H,24,26). The number of hydrogen-bond donors (Lipinski definition) is 1. The van der Waals surface area contributed by atoms with E-state index in [0.717, 1.165) is 30.9 Å². The quantitative estimate of drug-likeness (QED) is 0.811. The highest BCUT2D eigenvalue weighted by atomic mass is 16.1. The van der Waals surface area contributed by atoms with E-state index < -0.39 is 0 Å². The van der Waals surface area contributed by atoms with E-state index in [4.69, 9.17) is 0 Å². The molecule has 1 aromatic carbocycles. The molecule has 26 heavy (non-hydrogen) atoms. The van der Waals surface area contributed by atoms with Crippen LogP contribution in [-0.4, -0.2) is 28.5 Å². The van der Waals surface area contributed by atoms with Gasteiger partial charge in [0.25, 0.3) is 5.91 Å². The Morgan fingerprint density at radius 1 is 1.12 bits per heavy atom. The third-order valence-electron chi connectivity index (χ3n) is 4.91. The van der Waals surface area contributed by atoms with Crippen LogP contribution in [0.5, 0.6) is 0 Å². The van der Waals surface area contributed by atoms with Crippen LogP contribution in [0.25, 0.3) is 0 Å². The minimum atomic E-state index is -0.0900. The first-order chi connectivity index (χ1) is 12.7. The number of anilines is 2. The predicted octanol–water partition coefficient (Wildman–Crippen LogP) is 4.40. The van der Waals surface area contributed by atoms with Crippen LogP contribution in [0.1, 0.15) is 61.8 Å². The molecule has 1 heterocycles. The molecule has 0 bridgehead atoms. The average molecular weight is 352 g/mol. The van der Waals surface area contributed by atoms with Crippen LogP contribution in [0.3, 0.4) is 0 Å². The minimum Gasteiger partial charge on any atom is -0.348 e. The summed E-state index contributed by atoms with van der Waals surface area (Å²) in [5, 5.41) is 3.18. The number of rotatable bonds is 5. The van der Waals surface area contributed by atoms with Crippen LogP contribution in [-0.2, 0) is 0 Å². The van der Waals surface area contributed by atoms with E-state index in [1.54, 1.807) is 6.07 Å². The van der Waals surface area contributed by atoms with E-state index in [1.165, 1.54) is 25.7 Å². The number of aromatic nitrogens is 2. The number of carbonyl (C=O) groups is 1. The number of aryl methyl sites for hydroxylation is 1. The van der Waals surface area contributed by atoms with Gasteiger partial charge in [-0.25, -0.2) is 9.97 Å². The van der Waals surface area contributed by atoms with Gasteiger partial charge in [0.1, 0.15) is 17.3 Å². The second kappa shape index (κ2) is 8.79. The summed E-state index contributed by atoms with van der Waals surface area (Å²) in [4.78, 5) is 23.8. The summed E-state index contributed by atoms with van der Waals surface area (Å²) < 4.78 is 0. The van der Waals surface area contributed by atoms with E-state index in [-0.39, 0.29) is 11.9 Å². The first-order valence-corrected chi connectivity index (χ1v) is 9.66. The van der Waals surface area contributed by atoms with E-state index in [1.807, 2.05) is 37.3 Å². The van der Waals surface area contributed by atoms with Crippen molar-refractivity contribution >= 4 is 17.4 Å². The number of amides is 1. The lowest BCUT2D eigenvalue weighted by atomic mass is 10.1. The van der Waals surface area contributed by atoms with Gasteiger partial charge in [-0.05, 0) is 38.8 Å². The van der Waals surface area contributed by atoms with E-state index in [2.05, 4.69) is 27.1 Å². The van der Waals surface area contributed by atoms with Crippen LogP contribution in [0.15, 0.2) is 36.4 Å². The van der Waals surface area contributed by atoms with Gasteiger partial charge in [0.15, 0.2) is 0 Å². The largest absolute Gasteiger partial charge is 0.348 e. The first-order valence-electron chi connectivity index (χ1n) is 9.66. The molecule has 3 rings (SSSR count). The summed E-state index contributed by atoms with van der Waals surface area (Å²) in [5.74, 6) is 1.29. The van der Waals surface area contributed by atoms with E-state index in [0.29, 0.717) is 11.5 Å². The molecule has 5 heteroatoms. The fourth-order valence-electron chi connectivity index (χ4n) is 3.57. The highest BCUT2D eigenvalue weighted by Gasteiger charge is 2.19. The van der Waals surface area contributed by atoms with Crippen molar-refractivity contribution in [2.45, 2.75) is 58.4 Å². The fourth-order valence-corrected chi connectivity index (χ4v) is 3.57. The zero-order chi connectivity index (χ0) is 18.4. The predicted molar refractivity (Wildman–Crippen MR) is 105 cm³/mol. The number of nitrogens with one attached hydrogen (secondary N) is 1. The molecule has 0 radical (unpaired) electrons. The Labute approximate surface area is 155 Å². The molecule has 138 valence electrons. The van der Waals surface area contributed by atoms with Crippen LogP contribution in [0.2, 0.25) is 0 Å². The highest BCUT2D eigenvalue weighted by molar-refractivity contribution is 5.93. The number of benzene rings is 1. The van der Waals surface area contributed by atoms with Gasteiger partial charge in [-0.15, -0.1) is 0 Å². The van der Waals surface area contributed by atoms with Crippen LogP contribution in [0, 0.1) is 6.92 Å². The number of para-hydroxylation sites is 1. The van der Waals surface area contributed by atoms with Crippen molar-refractivity contribution in [3.63, 3.8) is 0 Å². The Morgan fingerprint density at radius 3 is 2.46 bits per heavy atom. The summed E-state index contributed by atoms with van der Waals surface area (Å²) in [6.07, 6.45) is 7.05. The number of nitrogens with zero attached hydrogens (tertiary/aromatic N) is 3. The maximum Gasteiger partial charge on any atom is 0.270 e. The molecule has 1 aromatic heterocycles. The van der Waals surface area contributed by atoms with Crippen molar-refractivity contribution in [3.8, 4) is 0 Å². The molecule has 1 aliphatic carbocycles. The Kier molecular flexibility index (Phi) is 6.21. The van der Waals surface area contributed by atoms with Crippen molar-refractivity contribution in [1.29, 1.82) is 0 Å². The van der Waals surface area contributed by atoms with Crippen molar-refractivity contribution in [1.82, 2.24) is 15.3 Å². The van der Waals surface area contributed by atoms with Gasteiger partial charge in [0.2, 0.25) is 0 Å². The summed E-state index contributed by atoms with van der Waals surface area (Å²) in [6, 6.07) is 12.2. The third-order valence-corrected chi connectivity index (χ3v) is 4.91. The SMILES string of the molecule is CCN(c1ccccc1)c1cc(C(=O)NC2CCCCCC2)nc(C)n1. The Morgan fingerprint density at radius 2 is 1.81 bits per heavy atom. The second-order valence-electron chi connectivity index (χ2n) is 6.90. The molecule has 0 atom stereocenters. The van der Waals surface area contributed by atoms with Crippen LogP contribution in [0.4, 0.5) is 11.5 Å². The highest BCUT2D eigenvalue weighted by Crippen LogP contribution is 2.24. The molecule has 2 aromatic rings. The number of hydrogen-bond acceptors (Lipinski definition) is 4. The Hall–Kier alpha value is -2.43.